The van der Waals surface area contributed by atoms with Crippen molar-refractivity contribution in [2.75, 3.05) is 20.2 Å². The molecular formula is C25H27FN2O2. The van der Waals surface area contributed by atoms with E-state index in [0.29, 0.717) is 11.5 Å². The number of aromatic nitrogens is 1. The summed E-state index contributed by atoms with van der Waals surface area (Å²) in [6, 6.07) is 16.1. The minimum absolute atomic E-state index is 0.0596. The van der Waals surface area contributed by atoms with E-state index >= 15 is 0 Å². The summed E-state index contributed by atoms with van der Waals surface area (Å²) in [6.07, 6.45) is 2.07. The fourth-order valence-electron chi connectivity index (χ4n) is 4.12. The lowest BCUT2D eigenvalue weighted by molar-refractivity contribution is 0.0696. The monoisotopic (exact) mass is 406 g/mol. The van der Waals surface area contributed by atoms with Crippen molar-refractivity contribution in [2.45, 2.75) is 26.7 Å². The van der Waals surface area contributed by atoms with Crippen LogP contribution in [-0.2, 0) is 0 Å². The molecule has 1 aliphatic heterocycles. The van der Waals surface area contributed by atoms with Crippen LogP contribution in [0.2, 0.25) is 0 Å². The number of likely N-dealkylation sites (tertiary alicyclic amines) is 1. The SMILES string of the molecule is COc1cccc(-c2cc(C(=O)N3CCC(C)CC3)c(C)n2-c2ccc(F)cc2)c1. The number of carbonyl (C=O) groups is 1. The first-order valence-corrected chi connectivity index (χ1v) is 10.4. The number of hydrogen-bond donors (Lipinski definition) is 0. The van der Waals surface area contributed by atoms with Crippen LogP contribution < -0.4 is 4.74 Å². The fourth-order valence-corrected chi connectivity index (χ4v) is 4.12. The zero-order valence-electron chi connectivity index (χ0n) is 17.7. The Hall–Kier alpha value is -3.08. The predicted octanol–water partition coefficient (Wildman–Crippen LogP) is 5.47. The molecule has 0 saturated carbocycles. The van der Waals surface area contributed by atoms with E-state index in [1.165, 1.54) is 12.1 Å². The van der Waals surface area contributed by atoms with E-state index in [4.69, 9.17) is 4.74 Å². The molecule has 0 radical (unpaired) electrons. The summed E-state index contributed by atoms with van der Waals surface area (Å²) in [5.74, 6) is 1.18. The van der Waals surface area contributed by atoms with Crippen molar-refractivity contribution in [3.8, 4) is 22.7 Å². The molecule has 1 saturated heterocycles. The minimum Gasteiger partial charge on any atom is -0.497 e. The molecule has 0 atom stereocenters. The third-order valence-electron chi connectivity index (χ3n) is 6.00. The van der Waals surface area contributed by atoms with Crippen molar-refractivity contribution >= 4 is 5.91 Å². The first-order chi connectivity index (χ1) is 14.5. The number of benzene rings is 2. The summed E-state index contributed by atoms with van der Waals surface area (Å²) in [4.78, 5) is 15.3. The maximum atomic E-state index is 13.5. The number of rotatable bonds is 4. The highest BCUT2D eigenvalue weighted by Crippen LogP contribution is 2.32. The number of amides is 1. The number of nitrogens with zero attached hydrogens (tertiary/aromatic N) is 2. The molecule has 0 aliphatic carbocycles. The van der Waals surface area contributed by atoms with Gasteiger partial charge in [0.05, 0.1) is 18.4 Å². The maximum absolute atomic E-state index is 13.5. The van der Waals surface area contributed by atoms with Crippen molar-refractivity contribution in [3.05, 3.63) is 71.7 Å². The van der Waals surface area contributed by atoms with Gasteiger partial charge in [0.25, 0.3) is 5.91 Å². The average Bonchev–Trinajstić information content (AvgIpc) is 3.11. The van der Waals surface area contributed by atoms with Crippen LogP contribution in [-0.4, -0.2) is 35.6 Å². The van der Waals surface area contributed by atoms with E-state index < -0.39 is 0 Å². The van der Waals surface area contributed by atoms with Crippen LogP contribution in [0.3, 0.4) is 0 Å². The summed E-state index contributed by atoms with van der Waals surface area (Å²) in [6.45, 7) is 5.76. The van der Waals surface area contributed by atoms with Crippen LogP contribution in [0.1, 0.15) is 35.8 Å². The molecule has 30 heavy (non-hydrogen) atoms. The lowest BCUT2D eigenvalue weighted by Crippen LogP contribution is -2.38. The van der Waals surface area contributed by atoms with Gasteiger partial charge in [0.15, 0.2) is 0 Å². The second-order valence-electron chi connectivity index (χ2n) is 8.05. The summed E-state index contributed by atoms with van der Waals surface area (Å²) in [5, 5.41) is 0. The van der Waals surface area contributed by atoms with Gasteiger partial charge in [0.2, 0.25) is 0 Å². The van der Waals surface area contributed by atoms with Crippen LogP contribution in [0.15, 0.2) is 54.6 Å². The molecule has 2 heterocycles. The Kier molecular flexibility index (Phi) is 5.62. The van der Waals surface area contributed by atoms with E-state index in [9.17, 15) is 9.18 Å². The molecule has 1 fully saturated rings. The predicted molar refractivity (Wildman–Crippen MR) is 117 cm³/mol. The summed E-state index contributed by atoms with van der Waals surface area (Å²) >= 11 is 0. The Balaban J connectivity index is 1.82. The first kappa shape index (κ1) is 20.2. The summed E-state index contributed by atoms with van der Waals surface area (Å²) in [7, 11) is 1.63. The molecule has 1 aromatic heterocycles. The van der Waals surface area contributed by atoms with E-state index in [0.717, 1.165) is 54.3 Å². The van der Waals surface area contributed by atoms with Crippen molar-refractivity contribution < 1.29 is 13.9 Å². The fraction of sp³-hybridized carbons (Fsp3) is 0.320. The molecule has 4 nitrogen and oxygen atoms in total. The van der Waals surface area contributed by atoms with Crippen LogP contribution in [0.5, 0.6) is 5.75 Å². The number of methoxy groups -OCH3 is 1. The third-order valence-corrected chi connectivity index (χ3v) is 6.00. The van der Waals surface area contributed by atoms with Gasteiger partial charge in [-0.1, -0.05) is 19.1 Å². The Morgan fingerprint density at radius 3 is 2.43 bits per heavy atom. The van der Waals surface area contributed by atoms with Gasteiger partial charge in [-0.2, -0.15) is 0 Å². The molecule has 1 amide bonds. The second kappa shape index (κ2) is 8.34. The molecule has 0 N–H and O–H groups in total. The van der Waals surface area contributed by atoms with Gasteiger partial charge in [-0.15, -0.1) is 0 Å². The number of ether oxygens (including phenoxy) is 1. The standard InChI is InChI=1S/C25H27FN2O2/c1-17-11-13-27(14-12-17)25(29)23-16-24(19-5-4-6-22(15-19)30-3)28(18(23)2)21-9-7-20(26)8-10-21/h4-10,15-17H,11-14H2,1-3H3. The Morgan fingerprint density at radius 2 is 1.77 bits per heavy atom. The number of hydrogen-bond acceptors (Lipinski definition) is 2. The van der Waals surface area contributed by atoms with Gasteiger partial charge in [-0.3, -0.25) is 4.79 Å². The topological polar surface area (TPSA) is 34.5 Å². The highest BCUT2D eigenvalue weighted by atomic mass is 19.1. The molecule has 3 aromatic rings. The van der Waals surface area contributed by atoms with Crippen molar-refractivity contribution in [1.29, 1.82) is 0 Å². The highest BCUT2D eigenvalue weighted by Gasteiger charge is 2.26. The largest absolute Gasteiger partial charge is 0.497 e. The van der Waals surface area contributed by atoms with E-state index in [2.05, 4.69) is 6.92 Å². The molecule has 5 heteroatoms. The summed E-state index contributed by atoms with van der Waals surface area (Å²) < 4.78 is 21.0. The van der Waals surface area contributed by atoms with E-state index in [1.54, 1.807) is 19.2 Å². The van der Waals surface area contributed by atoms with Gasteiger partial charge in [0.1, 0.15) is 11.6 Å². The van der Waals surface area contributed by atoms with Crippen molar-refractivity contribution in [1.82, 2.24) is 9.47 Å². The van der Waals surface area contributed by atoms with Crippen LogP contribution in [0.25, 0.3) is 16.9 Å². The van der Waals surface area contributed by atoms with Gasteiger partial charge < -0.3 is 14.2 Å². The Morgan fingerprint density at radius 1 is 1.07 bits per heavy atom. The van der Waals surface area contributed by atoms with Crippen LogP contribution in [0.4, 0.5) is 4.39 Å². The van der Waals surface area contributed by atoms with Crippen molar-refractivity contribution in [2.24, 2.45) is 5.92 Å². The number of halogens is 1. The first-order valence-electron chi connectivity index (χ1n) is 10.4. The molecule has 156 valence electrons. The zero-order chi connectivity index (χ0) is 21.3. The average molecular weight is 407 g/mol. The quantitative estimate of drug-likeness (QED) is 0.576. The summed E-state index contributed by atoms with van der Waals surface area (Å²) in [5.41, 5.74) is 4.17. The van der Waals surface area contributed by atoms with Gasteiger partial charge in [-0.05, 0) is 68.1 Å². The van der Waals surface area contributed by atoms with Gasteiger partial charge in [0, 0.05) is 30.0 Å². The van der Waals surface area contributed by atoms with Crippen molar-refractivity contribution in [3.63, 3.8) is 0 Å². The molecule has 0 unspecified atom stereocenters. The smallest absolute Gasteiger partial charge is 0.255 e. The maximum Gasteiger partial charge on any atom is 0.255 e. The molecule has 4 rings (SSSR count). The lowest BCUT2D eigenvalue weighted by Gasteiger charge is -2.30. The Bertz CT molecular complexity index is 1050. The van der Waals surface area contributed by atoms with Crippen LogP contribution in [0, 0.1) is 18.7 Å². The van der Waals surface area contributed by atoms with Gasteiger partial charge in [-0.25, -0.2) is 4.39 Å². The molecule has 0 spiro atoms. The number of carbonyl (C=O) groups excluding carboxylic acids is 1. The molecule has 1 aliphatic rings. The van der Waals surface area contributed by atoms with E-state index in [1.807, 2.05) is 46.7 Å². The molecule has 2 aromatic carbocycles. The molecule has 0 bridgehead atoms. The van der Waals surface area contributed by atoms with E-state index in [-0.39, 0.29) is 11.7 Å². The lowest BCUT2D eigenvalue weighted by atomic mass is 9.98. The van der Waals surface area contributed by atoms with Crippen LogP contribution >= 0.6 is 0 Å². The number of piperidine rings is 1. The Labute approximate surface area is 176 Å². The second-order valence-corrected chi connectivity index (χ2v) is 8.05. The molecular weight excluding hydrogens is 379 g/mol. The minimum atomic E-state index is -0.287. The zero-order valence-corrected chi connectivity index (χ0v) is 17.7. The van der Waals surface area contributed by atoms with Gasteiger partial charge >= 0.3 is 0 Å². The third kappa shape index (κ3) is 3.84. The highest BCUT2D eigenvalue weighted by molar-refractivity contribution is 5.97. The normalized spacial score (nSPS) is 14.7.